The Morgan fingerprint density at radius 1 is 1.03 bits per heavy atom. The highest BCUT2D eigenvalue weighted by atomic mass is 16.5. The van der Waals surface area contributed by atoms with E-state index in [1.165, 1.54) is 0 Å². The van der Waals surface area contributed by atoms with Crippen LogP contribution in [0.15, 0.2) is 67.0 Å². The summed E-state index contributed by atoms with van der Waals surface area (Å²) in [5.74, 6) is 1.32. The first kappa shape index (κ1) is 17.4. The molecule has 0 radical (unpaired) electrons. The maximum Gasteiger partial charge on any atom is 0.253 e. The topological polar surface area (TPSA) is 69.0 Å². The van der Waals surface area contributed by atoms with Crippen molar-refractivity contribution in [3.63, 3.8) is 0 Å². The molecule has 1 N–H and O–H groups in total. The van der Waals surface area contributed by atoms with Crippen LogP contribution >= 0.6 is 0 Å². The number of pyridine rings is 1. The van der Waals surface area contributed by atoms with Crippen LogP contribution in [0.4, 0.5) is 0 Å². The van der Waals surface area contributed by atoms with Crippen LogP contribution in [0.3, 0.4) is 0 Å². The smallest absolute Gasteiger partial charge is 0.253 e. The van der Waals surface area contributed by atoms with Gasteiger partial charge in [0.1, 0.15) is 11.5 Å². The Kier molecular flexibility index (Phi) is 4.05. The number of aromatic nitrogens is 3. The quantitative estimate of drug-likeness (QED) is 0.559. The van der Waals surface area contributed by atoms with Gasteiger partial charge in [-0.05, 0) is 32.0 Å². The molecule has 29 heavy (non-hydrogen) atoms. The number of fused-ring (bicyclic) bond motifs is 3. The Balaban J connectivity index is 1.50. The van der Waals surface area contributed by atoms with Crippen molar-refractivity contribution in [1.82, 2.24) is 20.1 Å². The monoisotopic (exact) mass is 384 g/mol. The average molecular weight is 384 g/mol. The van der Waals surface area contributed by atoms with E-state index in [2.05, 4.69) is 29.2 Å². The van der Waals surface area contributed by atoms with Crippen molar-refractivity contribution in [2.75, 3.05) is 0 Å². The highest BCUT2D eigenvalue weighted by molar-refractivity contribution is 5.97. The number of carbonyl (C=O) groups is 1. The number of benzene rings is 2. The molecule has 4 aromatic rings. The van der Waals surface area contributed by atoms with E-state index in [0.29, 0.717) is 5.56 Å². The van der Waals surface area contributed by atoms with Crippen LogP contribution < -0.4 is 10.1 Å². The number of nitrogens with zero attached hydrogens (tertiary/aromatic N) is 3. The van der Waals surface area contributed by atoms with Crippen molar-refractivity contribution < 1.29 is 9.53 Å². The molecule has 3 heterocycles. The third-order valence-electron chi connectivity index (χ3n) is 5.14. The summed E-state index contributed by atoms with van der Waals surface area (Å²) in [4.78, 5) is 17.6. The lowest BCUT2D eigenvalue weighted by atomic mass is 9.94. The van der Waals surface area contributed by atoms with Crippen LogP contribution in [-0.2, 0) is 0 Å². The normalized spacial score (nSPS) is 13.1. The third kappa shape index (κ3) is 2.93. The number of hydrogen-bond donors (Lipinski definition) is 1. The number of para-hydroxylation sites is 2. The molecule has 0 aliphatic carbocycles. The van der Waals surface area contributed by atoms with Gasteiger partial charge < -0.3 is 10.1 Å². The fourth-order valence-electron chi connectivity index (χ4n) is 3.72. The summed E-state index contributed by atoms with van der Waals surface area (Å²) in [6, 6.07) is 17.3. The van der Waals surface area contributed by atoms with Crippen molar-refractivity contribution in [3.8, 4) is 11.5 Å². The SMILES string of the molecule is CC(C)n1ncc2cc(C(=O)NC3c4ccccc4Oc4ccccc43)cnc21. The maximum absolute atomic E-state index is 13.1. The number of hydrogen-bond acceptors (Lipinski definition) is 4. The number of ether oxygens (including phenoxy) is 1. The Hall–Kier alpha value is -3.67. The largest absolute Gasteiger partial charge is 0.457 e. The average Bonchev–Trinajstić information content (AvgIpc) is 3.17. The minimum Gasteiger partial charge on any atom is -0.457 e. The molecule has 144 valence electrons. The van der Waals surface area contributed by atoms with Crippen LogP contribution in [0.5, 0.6) is 11.5 Å². The summed E-state index contributed by atoms with van der Waals surface area (Å²) >= 11 is 0. The van der Waals surface area contributed by atoms with E-state index in [9.17, 15) is 4.79 Å². The first-order valence-corrected chi connectivity index (χ1v) is 9.61. The lowest BCUT2D eigenvalue weighted by Gasteiger charge is -2.28. The zero-order chi connectivity index (χ0) is 20.0. The Morgan fingerprint density at radius 2 is 1.69 bits per heavy atom. The second-order valence-electron chi connectivity index (χ2n) is 7.40. The Bertz CT molecular complexity index is 1180. The number of amides is 1. The molecular weight excluding hydrogens is 364 g/mol. The van der Waals surface area contributed by atoms with E-state index in [-0.39, 0.29) is 18.0 Å². The van der Waals surface area contributed by atoms with Crippen LogP contribution in [0, 0.1) is 0 Å². The summed E-state index contributed by atoms with van der Waals surface area (Å²) in [5, 5.41) is 8.38. The molecule has 0 saturated carbocycles. The standard InChI is InChI=1S/C23H20N4O2/c1-14(2)27-22-15(13-25-27)11-16(12-24-22)23(28)26-21-17-7-3-5-9-19(17)29-20-10-6-4-8-18(20)21/h3-14,21H,1-2H3,(H,26,28). The zero-order valence-corrected chi connectivity index (χ0v) is 16.2. The first-order valence-electron chi connectivity index (χ1n) is 9.61. The summed E-state index contributed by atoms with van der Waals surface area (Å²) in [7, 11) is 0. The Morgan fingerprint density at radius 3 is 2.34 bits per heavy atom. The highest BCUT2D eigenvalue weighted by Gasteiger charge is 2.28. The van der Waals surface area contributed by atoms with E-state index >= 15 is 0 Å². The van der Waals surface area contributed by atoms with Crippen LogP contribution in [0.2, 0.25) is 0 Å². The van der Waals surface area contributed by atoms with Gasteiger partial charge in [0.25, 0.3) is 5.91 Å². The molecule has 0 bridgehead atoms. The number of carbonyl (C=O) groups excluding carboxylic acids is 1. The van der Waals surface area contributed by atoms with Gasteiger partial charge in [0, 0.05) is 28.8 Å². The molecular formula is C23H20N4O2. The van der Waals surface area contributed by atoms with E-state index in [1.807, 2.05) is 59.3 Å². The van der Waals surface area contributed by atoms with E-state index in [1.54, 1.807) is 12.4 Å². The summed E-state index contributed by atoms with van der Waals surface area (Å²) < 4.78 is 7.85. The van der Waals surface area contributed by atoms with Crippen molar-refractivity contribution in [2.24, 2.45) is 0 Å². The van der Waals surface area contributed by atoms with Gasteiger partial charge in [0.2, 0.25) is 0 Å². The van der Waals surface area contributed by atoms with Gasteiger partial charge in [0.15, 0.2) is 5.65 Å². The molecule has 1 aliphatic rings. The molecule has 5 rings (SSSR count). The minimum absolute atomic E-state index is 0.187. The first-order chi connectivity index (χ1) is 14.1. The molecule has 0 atom stereocenters. The molecule has 1 amide bonds. The molecule has 0 fully saturated rings. The van der Waals surface area contributed by atoms with E-state index in [4.69, 9.17) is 4.74 Å². The summed E-state index contributed by atoms with van der Waals surface area (Å²) in [6.07, 6.45) is 3.35. The van der Waals surface area contributed by atoms with Crippen molar-refractivity contribution >= 4 is 16.9 Å². The third-order valence-corrected chi connectivity index (χ3v) is 5.14. The highest BCUT2D eigenvalue weighted by Crippen LogP contribution is 2.42. The van der Waals surface area contributed by atoms with Gasteiger partial charge >= 0.3 is 0 Å². The number of nitrogens with one attached hydrogen (secondary N) is 1. The second kappa shape index (κ2) is 6.74. The van der Waals surface area contributed by atoms with Crippen LogP contribution in [0.25, 0.3) is 11.0 Å². The molecule has 0 saturated heterocycles. The maximum atomic E-state index is 13.1. The Labute approximate surface area is 168 Å². The predicted octanol–water partition coefficient (Wildman–Crippen LogP) is 4.64. The molecule has 1 aliphatic heterocycles. The van der Waals surface area contributed by atoms with Gasteiger partial charge in [-0.2, -0.15) is 5.10 Å². The molecule has 6 nitrogen and oxygen atoms in total. The fraction of sp³-hybridized carbons (Fsp3) is 0.174. The minimum atomic E-state index is -0.294. The van der Waals surface area contributed by atoms with Gasteiger partial charge in [-0.1, -0.05) is 36.4 Å². The fourth-order valence-corrected chi connectivity index (χ4v) is 3.72. The lowest BCUT2D eigenvalue weighted by molar-refractivity contribution is 0.0941. The summed E-state index contributed by atoms with van der Waals surface area (Å²) in [6.45, 7) is 4.10. The molecule has 2 aromatic carbocycles. The van der Waals surface area contributed by atoms with E-state index < -0.39 is 0 Å². The molecule has 0 spiro atoms. The lowest BCUT2D eigenvalue weighted by Crippen LogP contribution is -2.31. The predicted molar refractivity (Wildman–Crippen MR) is 110 cm³/mol. The van der Waals surface area contributed by atoms with Gasteiger partial charge in [0.05, 0.1) is 17.8 Å². The van der Waals surface area contributed by atoms with Gasteiger partial charge in [-0.3, -0.25) is 4.79 Å². The van der Waals surface area contributed by atoms with Crippen LogP contribution in [0.1, 0.15) is 47.4 Å². The van der Waals surface area contributed by atoms with Crippen molar-refractivity contribution in [2.45, 2.75) is 25.9 Å². The molecule has 0 unspecified atom stereocenters. The van der Waals surface area contributed by atoms with Gasteiger partial charge in [-0.25, -0.2) is 9.67 Å². The summed E-state index contributed by atoms with van der Waals surface area (Å²) in [5.41, 5.74) is 3.14. The van der Waals surface area contributed by atoms with E-state index in [0.717, 1.165) is 33.7 Å². The van der Waals surface area contributed by atoms with Crippen molar-refractivity contribution in [1.29, 1.82) is 0 Å². The van der Waals surface area contributed by atoms with Crippen LogP contribution in [-0.4, -0.2) is 20.7 Å². The number of rotatable bonds is 3. The molecule has 6 heteroatoms. The van der Waals surface area contributed by atoms with Gasteiger partial charge in [-0.15, -0.1) is 0 Å². The van der Waals surface area contributed by atoms with Crippen molar-refractivity contribution in [3.05, 3.63) is 83.7 Å². The second-order valence-corrected chi connectivity index (χ2v) is 7.40. The zero-order valence-electron chi connectivity index (χ0n) is 16.2. The molecule has 2 aromatic heterocycles.